The van der Waals surface area contributed by atoms with Gasteiger partial charge < -0.3 is 5.73 Å². The van der Waals surface area contributed by atoms with Crippen LogP contribution in [0.1, 0.15) is 19.5 Å². The van der Waals surface area contributed by atoms with Crippen molar-refractivity contribution in [3.8, 4) is 11.4 Å². The Hall–Kier alpha value is -1.97. The minimum Gasteiger partial charge on any atom is -0.384 e. The molecule has 0 saturated heterocycles. The second-order valence-electron chi connectivity index (χ2n) is 2.99. The molecule has 16 heavy (non-hydrogen) atoms. The fraction of sp³-hybridized carbons (Fsp3) is 0.250. The van der Waals surface area contributed by atoms with Gasteiger partial charge in [0.15, 0.2) is 0 Å². The Kier molecular flexibility index (Phi) is 4.39. The molecule has 0 spiro atoms. The van der Waals surface area contributed by atoms with E-state index in [0.717, 1.165) is 17.1 Å². The summed E-state index contributed by atoms with van der Waals surface area (Å²) in [5.74, 6) is 0.491. The molecule has 4 nitrogen and oxygen atoms in total. The number of aromatic nitrogens is 3. The van der Waals surface area contributed by atoms with Gasteiger partial charge in [0.1, 0.15) is 11.5 Å². The van der Waals surface area contributed by atoms with Crippen molar-refractivity contribution in [1.82, 2.24) is 15.0 Å². The Labute approximate surface area is 95.6 Å². The van der Waals surface area contributed by atoms with E-state index in [1.54, 1.807) is 18.5 Å². The van der Waals surface area contributed by atoms with Crippen molar-refractivity contribution in [2.75, 3.05) is 5.73 Å². The zero-order valence-electron chi connectivity index (χ0n) is 9.81. The number of hydrogen-bond donors (Lipinski definition) is 1. The van der Waals surface area contributed by atoms with E-state index in [1.165, 1.54) is 0 Å². The highest BCUT2D eigenvalue weighted by Crippen LogP contribution is 2.13. The smallest absolute Gasteiger partial charge is 0.124 e. The van der Waals surface area contributed by atoms with Gasteiger partial charge in [0.05, 0.1) is 17.6 Å². The van der Waals surface area contributed by atoms with Crippen molar-refractivity contribution in [2.24, 2.45) is 0 Å². The summed E-state index contributed by atoms with van der Waals surface area (Å²) in [5.41, 5.74) is 7.94. The van der Waals surface area contributed by atoms with Crippen LogP contribution in [0.15, 0.2) is 30.6 Å². The molecule has 0 unspecified atom stereocenters. The Balaban J connectivity index is 0.000000606. The van der Waals surface area contributed by atoms with E-state index in [0.29, 0.717) is 5.82 Å². The van der Waals surface area contributed by atoms with E-state index < -0.39 is 0 Å². The van der Waals surface area contributed by atoms with Gasteiger partial charge in [-0.1, -0.05) is 19.9 Å². The maximum atomic E-state index is 5.57. The van der Waals surface area contributed by atoms with Crippen molar-refractivity contribution in [2.45, 2.75) is 20.8 Å². The standard InChI is InChI=1S/C10H10N4.C2H6/c1-7-5-13-9(6-12-7)8-3-2-4-10(11)14-8;1-2/h2-6H,1H3,(H2,11,14);1-2H3. The molecule has 84 valence electrons. The lowest BCUT2D eigenvalue weighted by molar-refractivity contribution is 1.11. The first kappa shape index (κ1) is 12.1. The van der Waals surface area contributed by atoms with Crippen LogP contribution in [0.2, 0.25) is 0 Å². The first-order valence-corrected chi connectivity index (χ1v) is 5.27. The fourth-order valence-corrected chi connectivity index (χ4v) is 1.12. The molecule has 0 aliphatic carbocycles. The van der Waals surface area contributed by atoms with E-state index in [9.17, 15) is 0 Å². The summed E-state index contributed by atoms with van der Waals surface area (Å²) in [6.45, 7) is 5.89. The van der Waals surface area contributed by atoms with Gasteiger partial charge in [-0.05, 0) is 19.1 Å². The molecule has 0 bridgehead atoms. The summed E-state index contributed by atoms with van der Waals surface area (Å²) in [6, 6.07) is 5.44. The Bertz CT molecular complexity index is 437. The molecule has 4 heteroatoms. The summed E-state index contributed by atoms with van der Waals surface area (Å²) >= 11 is 0. The lowest BCUT2D eigenvalue weighted by Gasteiger charge is -2.00. The SMILES string of the molecule is CC.Cc1cnc(-c2cccc(N)n2)cn1. The van der Waals surface area contributed by atoms with Crippen LogP contribution < -0.4 is 5.73 Å². The molecule has 2 heterocycles. The number of anilines is 1. The highest BCUT2D eigenvalue weighted by atomic mass is 14.9. The van der Waals surface area contributed by atoms with Crippen LogP contribution in [0.5, 0.6) is 0 Å². The minimum atomic E-state index is 0.491. The normalized spacial score (nSPS) is 9.19. The topological polar surface area (TPSA) is 64.7 Å². The predicted molar refractivity (Wildman–Crippen MR) is 65.8 cm³/mol. The quantitative estimate of drug-likeness (QED) is 0.795. The van der Waals surface area contributed by atoms with Crippen LogP contribution >= 0.6 is 0 Å². The van der Waals surface area contributed by atoms with Gasteiger partial charge in [-0.15, -0.1) is 0 Å². The molecule has 0 aliphatic rings. The Morgan fingerprint density at radius 3 is 2.31 bits per heavy atom. The third kappa shape index (κ3) is 3.02. The van der Waals surface area contributed by atoms with Crippen molar-refractivity contribution in [3.63, 3.8) is 0 Å². The molecule has 2 rings (SSSR count). The summed E-state index contributed by atoms with van der Waals surface area (Å²) in [4.78, 5) is 12.5. The van der Waals surface area contributed by atoms with Crippen LogP contribution in [0.4, 0.5) is 5.82 Å². The van der Waals surface area contributed by atoms with E-state index in [1.807, 2.05) is 32.9 Å². The third-order valence-corrected chi connectivity index (χ3v) is 1.81. The van der Waals surface area contributed by atoms with Gasteiger partial charge in [-0.3, -0.25) is 9.97 Å². The van der Waals surface area contributed by atoms with Crippen LogP contribution in [-0.2, 0) is 0 Å². The van der Waals surface area contributed by atoms with E-state index in [4.69, 9.17) is 5.73 Å². The largest absolute Gasteiger partial charge is 0.384 e. The molecule has 0 amide bonds. The van der Waals surface area contributed by atoms with Gasteiger partial charge in [-0.25, -0.2) is 4.98 Å². The van der Waals surface area contributed by atoms with Crippen molar-refractivity contribution < 1.29 is 0 Å². The zero-order valence-corrected chi connectivity index (χ0v) is 9.81. The molecular formula is C12H16N4. The fourth-order valence-electron chi connectivity index (χ4n) is 1.12. The van der Waals surface area contributed by atoms with Gasteiger partial charge in [0.25, 0.3) is 0 Å². The minimum absolute atomic E-state index is 0.491. The molecule has 0 radical (unpaired) electrons. The van der Waals surface area contributed by atoms with Crippen LogP contribution in [0, 0.1) is 6.92 Å². The summed E-state index contributed by atoms with van der Waals surface area (Å²) in [7, 11) is 0. The maximum absolute atomic E-state index is 5.57. The molecule has 2 aromatic rings. The predicted octanol–water partition coefficient (Wildman–Crippen LogP) is 2.46. The highest BCUT2D eigenvalue weighted by Gasteiger charge is 2.00. The Morgan fingerprint density at radius 1 is 1.00 bits per heavy atom. The number of hydrogen-bond acceptors (Lipinski definition) is 4. The van der Waals surface area contributed by atoms with Gasteiger partial charge in [-0.2, -0.15) is 0 Å². The molecule has 2 aromatic heterocycles. The lowest BCUT2D eigenvalue weighted by Crippen LogP contribution is -1.94. The summed E-state index contributed by atoms with van der Waals surface area (Å²) < 4.78 is 0. The summed E-state index contributed by atoms with van der Waals surface area (Å²) in [5, 5.41) is 0. The number of aryl methyl sites for hydroxylation is 1. The van der Waals surface area contributed by atoms with Gasteiger partial charge in [0.2, 0.25) is 0 Å². The summed E-state index contributed by atoms with van der Waals surface area (Å²) in [6.07, 6.45) is 3.40. The third-order valence-electron chi connectivity index (χ3n) is 1.81. The zero-order chi connectivity index (χ0) is 12.0. The molecule has 0 saturated carbocycles. The number of nitrogen functional groups attached to an aromatic ring is 1. The number of rotatable bonds is 1. The number of pyridine rings is 1. The second kappa shape index (κ2) is 5.80. The number of nitrogens with two attached hydrogens (primary N) is 1. The average molecular weight is 216 g/mol. The first-order valence-electron chi connectivity index (χ1n) is 5.27. The molecular weight excluding hydrogens is 200 g/mol. The van der Waals surface area contributed by atoms with Crippen molar-refractivity contribution in [3.05, 3.63) is 36.3 Å². The first-order chi connectivity index (χ1) is 7.75. The van der Waals surface area contributed by atoms with Crippen molar-refractivity contribution >= 4 is 5.82 Å². The van der Waals surface area contributed by atoms with Gasteiger partial charge >= 0.3 is 0 Å². The van der Waals surface area contributed by atoms with E-state index in [2.05, 4.69) is 15.0 Å². The second-order valence-corrected chi connectivity index (χ2v) is 2.99. The lowest BCUT2D eigenvalue weighted by atomic mass is 10.3. The van der Waals surface area contributed by atoms with Crippen LogP contribution in [0.25, 0.3) is 11.4 Å². The molecule has 0 aliphatic heterocycles. The Morgan fingerprint density at radius 2 is 1.75 bits per heavy atom. The van der Waals surface area contributed by atoms with E-state index in [-0.39, 0.29) is 0 Å². The molecule has 0 atom stereocenters. The van der Waals surface area contributed by atoms with E-state index >= 15 is 0 Å². The number of nitrogens with zero attached hydrogens (tertiary/aromatic N) is 3. The molecule has 0 fully saturated rings. The highest BCUT2D eigenvalue weighted by molar-refractivity contribution is 5.54. The van der Waals surface area contributed by atoms with Crippen molar-refractivity contribution in [1.29, 1.82) is 0 Å². The van der Waals surface area contributed by atoms with Crippen LogP contribution in [-0.4, -0.2) is 15.0 Å². The molecule has 0 aromatic carbocycles. The monoisotopic (exact) mass is 216 g/mol. The average Bonchev–Trinajstić information content (AvgIpc) is 2.32. The maximum Gasteiger partial charge on any atom is 0.124 e. The molecule has 2 N–H and O–H groups in total. The van der Waals surface area contributed by atoms with Crippen LogP contribution in [0.3, 0.4) is 0 Å². The van der Waals surface area contributed by atoms with Gasteiger partial charge in [0, 0.05) is 6.20 Å².